The van der Waals surface area contributed by atoms with Crippen LogP contribution in [0.25, 0.3) is 21.9 Å². The third kappa shape index (κ3) is 3.62. The number of hydrogen-bond acceptors (Lipinski definition) is 1. The molecule has 1 heteroatoms. The number of hydrogen-bond donors (Lipinski definition) is 0. The van der Waals surface area contributed by atoms with Crippen LogP contribution < -0.4 is 0 Å². The number of Topliss-reactive ketones (excluding diaryl/α,β-unsaturated/α-hetero) is 1. The van der Waals surface area contributed by atoms with Crippen LogP contribution in [0.3, 0.4) is 0 Å². The second-order valence-electron chi connectivity index (χ2n) is 13.2. The maximum absolute atomic E-state index is 14.4. The van der Waals surface area contributed by atoms with Gasteiger partial charge in [0.25, 0.3) is 0 Å². The minimum Gasteiger partial charge on any atom is -0.293 e. The zero-order valence-electron chi connectivity index (χ0n) is 23.9. The topological polar surface area (TPSA) is 17.1 Å². The maximum Gasteiger partial charge on any atom is 0.174 e. The molecule has 0 radical (unpaired) electrons. The van der Waals surface area contributed by atoms with Crippen molar-refractivity contribution in [3.05, 3.63) is 106 Å². The molecule has 38 heavy (non-hydrogen) atoms. The van der Waals surface area contributed by atoms with Crippen LogP contribution in [0, 0.1) is 10.8 Å². The molecule has 1 atom stereocenters. The average molecular weight is 501 g/mol. The van der Waals surface area contributed by atoms with Gasteiger partial charge in [0.15, 0.2) is 5.78 Å². The van der Waals surface area contributed by atoms with Gasteiger partial charge in [-0.05, 0) is 86.2 Å². The molecule has 2 aliphatic rings. The van der Waals surface area contributed by atoms with Crippen molar-refractivity contribution in [1.82, 2.24) is 0 Å². The van der Waals surface area contributed by atoms with Crippen LogP contribution in [-0.2, 0) is 24.7 Å². The molecule has 0 heterocycles. The largest absolute Gasteiger partial charge is 0.293 e. The first kappa shape index (κ1) is 25.1. The van der Waals surface area contributed by atoms with E-state index in [4.69, 9.17) is 0 Å². The maximum atomic E-state index is 14.4. The second kappa shape index (κ2) is 8.67. The smallest absolute Gasteiger partial charge is 0.174 e. The SMILES string of the molecule is CCC(C)(C)Cc1ccc2c(c1)-c1ccc(CC3(C(C)(C)CC)C(=O)c4cccc5cccc3c45)cc1C2. The van der Waals surface area contributed by atoms with Crippen LogP contribution >= 0.6 is 0 Å². The van der Waals surface area contributed by atoms with E-state index in [0.717, 1.165) is 36.6 Å². The van der Waals surface area contributed by atoms with Gasteiger partial charge in [-0.2, -0.15) is 0 Å². The highest BCUT2D eigenvalue weighted by atomic mass is 16.1. The van der Waals surface area contributed by atoms with Crippen molar-refractivity contribution in [3.63, 3.8) is 0 Å². The van der Waals surface area contributed by atoms with Crippen molar-refractivity contribution < 1.29 is 4.79 Å². The summed E-state index contributed by atoms with van der Waals surface area (Å²) in [5.74, 6) is 0.295. The molecular formula is C37H40O. The molecule has 0 amide bonds. The van der Waals surface area contributed by atoms with Gasteiger partial charge in [0.05, 0.1) is 5.41 Å². The lowest BCUT2D eigenvalue weighted by Crippen LogP contribution is -2.48. The summed E-state index contributed by atoms with van der Waals surface area (Å²) < 4.78 is 0. The van der Waals surface area contributed by atoms with Crippen molar-refractivity contribution >= 4 is 16.6 Å². The Hall–Kier alpha value is -3.19. The van der Waals surface area contributed by atoms with Crippen LogP contribution in [0.5, 0.6) is 0 Å². The summed E-state index contributed by atoms with van der Waals surface area (Å²) in [6, 6.07) is 26.8. The van der Waals surface area contributed by atoms with E-state index in [-0.39, 0.29) is 5.41 Å². The first-order chi connectivity index (χ1) is 18.1. The number of ketones is 1. The molecule has 0 aromatic heterocycles. The molecular weight excluding hydrogens is 460 g/mol. The van der Waals surface area contributed by atoms with Gasteiger partial charge in [-0.15, -0.1) is 0 Å². The lowest BCUT2D eigenvalue weighted by Gasteiger charge is -2.44. The van der Waals surface area contributed by atoms with E-state index in [1.807, 2.05) is 12.1 Å². The Bertz CT molecular complexity index is 1580. The zero-order chi connectivity index (χ0) is 26.9. The summed E-state index contributed by atoms with van der Waals surface area (Å²) in [5.41, 5.74) is 9.97. The van der Waals surface area contributed by atoms with Crippen LogP contribution in [0.4, 0.5) is 0 Å². The predicted molar refractivity (Wildman–Crippen MR) is 160 cm³/mol. The Morgan fingerprint density at radius 3 is 2.21 bits per heavy atom. The molecule has 0 aliphatic heterocycles. The molecule has 2 aliphatic carbocycles. The Labute approximate surface area is 228 Å². The first-order valence-electron chi connectivity index (χ1n) is 14.4. The van der Waals surface area contributed by atoms with Gasteiger partial charge in [-0.3, -0.25) is 4.79 Å². The highest BCUT2D eigenvalue weighted by Gasteiger charge is 2.55. The Balaban J connectivity index is 1.41. The van der Waals surface area contributed by atoms with Crippen LogP contribution in [0.15, 0.2) is 72.8 Å². The molecule has 1 unspecified atom stereocenters. The number of rotatable bonds is 7. The zero-order valence-corrected chi connectivity index (χ0v) is 23.9. The lowest BCUT2D eigenvalue weighted by molar-refractivity contribution is 0.0709. The van der Waals surface area contributed by atoms with E-state index < -0.39 is 5.41 Å². The van der Waals surface area contributed by atoms with E-state index in [9.17, 15) is 4.79 Å². The van der Waals surface area contributed by atoms with Crippen molar-refractivity contribution in [2.75, 3.05) is 0 Å². The van der Waals surface area contributed by atoms with Crippen molar-refractivity contribution in [1.29, 1.82) is 0 Å². The summed E-state index contributed by atoms with van der Waals surface area (Å²) in [7, 11) is 0. The second-order valence-corrected chi connectivity index (χ2v) is 13.2. The van der Waals surface area contributed by atoms with Gasteiger partial charge in [0.1, 0.15) is 0 Å². The highest BCUT2D eigenvalue weighted by Crippen LogP contribution is 2.55. The third-order valence-electron chi connectivity index (χ3n) is 10.2. The van der Waals surface area contributed by atoms with Crippen LogP contribution in [0.1, 0.15) is 92.6 Å². The summed E-state index contributed by atoms with van der Waals surface area (Å²) >= 11 is 0. The fraction of sp³-hybridized carbons (Fsp3) is 0.378. The minimum atomic E-state index is -0.566. The lowest BCUT2D eigenvalue weighted by atomic mass is 9.57. The van der Waals surface area contributed by atoms with Gasteiger partial charge in [-0.1, -0.05) is 121 Å². The summed E-state index contributed by atoms with van der Waals surface area (Å²) in [6.07, 6.45) is 4.93. The van der Waals surface area contributed by atoms with E-state index in [2.05, 4.69) is 102 Å². The monoisotopic (exact) mass is 500 g/mol. The van der Waals surface area contributed by atoms with E-state index in [1.54, 1.807) is 0 Å². The molecule has 4 aromatic carbocycles. The van der Waals surface area contributed by atoms with Crippen LogP contribution in [0.2, 0.25) is 0 Å². The molecule has 6 rings (SSSR count). The first-order valence-corrected chi connectivity index (χ1v) is 14.4. The number of carbonyl (C=O) groups excluding carboxylic acids is 1. The molecule has 1 nitrogen and oxygen atoms in total. The fourth-order valence-electron chi connectivity index (χ4n) is 7.12. The number of carbonyl (C=O) groups is 1. The average Bonchev–Trinajstić information content (AvgIpc) is 3.38. The molecule has 0 saturated carbocycles. The van der Waals surface area contributed by atoms with Gasteiger partial charge in [0, 0.05) is 5.56 Å². The summed E-state index contributed by atoms with van der Waals surface area (Å²) in [4.78, 5) is 14.4. The minimum absolute atomic E-state index is 0.180. The molecule has 0 fully saturated rings. The Morgan fingerprint density at radius 1 is 0.737 bits per heavy atom. The highest BCUT2D eigenvalue weighted by molar-refractivity contribution is 6.20. The van der Waals surface area contributed by atoms with E-state index >= 15 is 0 Å². The van der Waals surface area contributed by atoms with Crippen molar-refractivity contribution in [2.45, 2.75) is 79.1 Å². The molecule has 0 N–H and O–H groups in total. The van der Waals surface area contributed by atoms with E-state index in [1.165, 1.54) is 50.8 Å². The summed E-state index contributed by atoms with van der Waals surface area (Å²) in [6.45, 7) is 13.8. The predicted octanol–water partition coefficient (Wildman–Crippen LogP) is 9.50. The molecule has 0 bridgehead atoms. The van der Waals surface area contributed by atoms with Gasteiger partial charge < -0.3 is 0 Å². The molecule has 0 spiro atoms. The van der Waals surface area contributed by atoms with Crippen molar-refractivity contribution in [3.8, 4) is 11.1 Å². The summed E-state index contributed by atoms with van der Waals surface area (Å²) in [5, 5.41) is 2.34. The van der Waals surface area contributed by atoms with Gasteiger partial charge in [0.2, 0.25) is 0 Å². The van der Waals surface area contributed by atoms with Gasteiger partial charge >= 0.3 is 0 Å². The third-order valence-corrected chi connectivity index (χ3v) is 10.2. The van der Waals surface area contributed by atoms with Crippen molar-refractivity contribution in [2.24, 2.45) is 10.8 Å². The Morgan fingerprint density at radius 2 is 1.47 bits per heavy atom. The number of fused-ring (bicyclic) bond motifs is 3. The van der Waals surface area contributed by atoms with Gasteiger partial charge in [-0.25, -0.2) is 0 Å². The van der Waals surface area contributed by atoms with Crippen LogP contribution in [-0.4, -0.2) is 5.78 Å². The quantitative estimate of drug-likeness (QED) is 0.217. The number of benzene rings is 4. The molecule has 4 aromatic rings. The molecule has 194 valence electrons. The normalized spacial score (nSPS) is 18.2. The van der Waals surface area contributed by atoms with E-state index in [0.29, 0.717) is 11.2 Å². The standard InChI is InChI=1S/C37H40O/c1-7-35(3,4)22-25-15-17-27-21-28-19-24(16-18-29(28)31(27)20-25)23-37(36(5,6)8-2)32-14-10-12-26-11-9-13-30(33(26)32)34(37)38/h9-20H,7-8,21-23H2,1-6H3. The molecule has 0 saturated heterocycles. The fourth-order valence-corrected chi connectivity index (χ4v) is 7.12. The Kier molecular flexibility index (Phi) is 5.73.